The molecule has 6 heteroatoms. The van der Waals surface area contributed by atoms with E-state index in [2.05, 4.69) is 168 Å². The molecule has 0 bridgehead atoms. The molecule has 0 aliphatic carbocycles. The maximum absolute atomic E-state index is 6.37. The molecule has 3 heterocycles. The van der Waals surface area contributed by atoms with Gasteiger partial charge in [-0.1, -0.05) is 182 Å². The number of furan rings is 1. The molecule has 8 aromatic carbocycles. The molecular weight excluding hydrogens is 713 g/mol. The van der Waals surface area contributed by atoms with Crippen molar-refractivity contribution in [3.05, 3.63) is 206 Å². The van der Waals surface area contributed by atoms with Crippen LogP contribution in [-0.4, -0.2) is 27.6 Å². The number of rotatable bonds is 7. The lowest BCUT2D eigenvalue weighted by atomic mass is 10.1. The molecule has 0 saturated carbocycles. The molecule has 5 nitrogen and oxygen atoms in total. The van der Waals surface area contributed by atoms with Gasteiger partial charge in [-0.3, -0.25) is 4.57 Å². The largest absolute Gasteiger partial charge is 0.456 e. The van der Waals surface area contributed by atoms with Crippen LogP contribution in [0.3, 0.4) is 0 Å². The number of para-hydroxylation sites is 2. The average Bonchev–Trinajstić information content (AvgIpc) is 3.83. The molecule has 11 aromatic rings. The Morgan fingerprint density at radius 2 is 0.842 bits per heavy atom. The Morgan fingerprint density at radius 1 is 0.351 bits per heavy atom. The fourth-order valence-electron chi connectivity index (χ4n) is 8.65. The number of fused-ring (bicyclic) bond motifs is 6. The Balaban J connectivity index is 1.24. The minimum absolute atomic E-state index is 0.573. The van der Waals surface area contributed by atoms with E-state index in [9.17, 15) is 0 Å². The first-order valence-corrected chi connectivity index (χ1v) is 21.2. The van der Waals surface area contributed by atoms with E-state index in [1.54, 1.807) is 0 Å². The molecule has 0 amide bonds. The summed E-state index contributed by atoms with van der Waals surface area (Å²) < 4.78 is 8.60. The van der Waals surface area contributed by atoms with Crippen molar-refractivity contribution in [3.8, 4) is 28.7 Å². The zero-order valence-corrected chi connectivity index (χ0v) is 31.8. The molecule has 0 atom stereocenters. The van der Waals surface area contributed by atoms with E-state index in [0.717, 1.165) is 54.9 Å². The summed E-state index contributed by atoms with van der Waals surface area (Å²) in [6, 6.07) is 73.3. The summed E-state index contributed by atoms with van der Waals surface area (Å²) in [5.41, 5.74) is 5.72. The Hall–Kier alpha value is -7.41. The van der Waals surface area contributed by atoms with Crippen LogP contribution >= 0.6 is 0 Å². The summed E-state index contributed by atoms with van der Waals surface area (Å²) in [5, 5.41) is 9.63. The summed E-state index contributed by atoms with van der Waals surface area (Å²) in [5.74, 6) is 1.82. The van der Waals surface area contributed by atoms with Gasteiger partial charge in [0.15, 0.2) is 19.7 Å². The van der Waals surface area contributed by atoms with Crippen molar-refractivity contribution in [1.82, 2.24) is 19.5 Å². The highest BCUT2D eigenvalue weighted by molar-refractivity contribution is 7.20. The van der Waals surface area contributed by atoms with E-state index >= 15 is 0 Å². The van der Waals surface area contributed by atoms with Gasteiger partial charge < -0.3 is 4.42 Å². The van der Waals surface area contributed by atoms with Crippen LogP contribution in [-0.2, 0) is 0 Å². The standard InChI is InChI=1S/C51H34N4OSi/c1-5-17-35(18-6-1)49-52-50(36-19-7-2-8-20-36)54-51(53-49)55-45-27-15-13-25-41(45)42-31-29-40(34-46(42)55)57(37-21-9-3-10-22-37,38-23-11-4-12-24-38)39-30-32-48-44(33-39)43-26-14-16-28-47(43)56-48/h1-34H. The van der Waals surface area contributed by atoms with Crippen LogP contribution < -0.4 is 20.7 Å². The normalized spacial score (nSPS) is 11.9. The SMILES string of the molecule is c1ccc(-c2nc(-c3ccccc3)nc(-n3c4ccccc4c4ccc([Si](c5ccccc5)(c5ccccc5)c5ccc6oc7ccccc7c6c5)cc43)n2)cc1. The average molecular weight is 747 g/mol. The fourth-order valence-corrected chi connectivity index (χ4v) is 13.4. The third-order valence-electron chi connectivity index (χ3n) is 11.2. The van der Waals surface area contributed by atoms with Crippen molar-refractivity contribution < 1.29 is 4.42 Å². The van der Waals surface area contributed by atoms with Gasteiger partial charge in [-0.25, -0.2) is 4.98 Å². The minimum Gasteiger partial charge on any atom is -0.456 e. The molecule has 11 rings (SSSR count). The van der Waals surface area contributed by atoms with Gasteiger partial charge in [0, 0.05) is 32.7 Å². The smallest absolute Gasteiger partial charge is 0.238 e. The lowest BCUT2D eigenvalue weighted by Crippen LogP contribution is -2.74. The molecule has 0 saturated heterocycles. The van der Waals surface area contributed by atoms with E-state index in [1.165, 1.54) is 20.7 Å². The van der Waals surface area contributed by atoms with Gasteiger partial charge in [0.2, 0.25) is 5.95 Å². The molecule has 0 aliphatic rings. The van der Waals surface area contributed by atoms with Crippen LogP contribution in [0.15, 0.2) is 211 Å². The van der Waals surface area contributed by atoms with Gasteiger partial charge >= 0.3 is 0 Å². The van der Waals surface area contributed by atoms with Crippen LogP contribution in [0.2, 0.25) is 0 Å². The summed E-state index contributed by atoms with van der Waals surface area (Å²) >= 11 is 0. The summed E-state index contributed by atoms with van der Waals surface area (Å²) in [6.45, 7) is 0. The van der Waals surface area contributed by atoms with E-state index in [1.807, 2.05) is 42.5 Å². The van der Waals surface area contributed by atoms with Crippen LogP contribution in [0.5, 0.6) is 0 Å². The maximum Gasteiger partial charge on any atom is 0.238 e. The first-order valence-electron chi connectivity index (χ1n) is 19.2. The number of nitrogens with zero attached hydrogens (tertiary/aromatic N) is 4. The second-order valence-electron chi connectivity index (χ2n) is 14.4. The highest BCUT2D eigenvalue weighted by Crippen LogP contribution is 2.33. The summed E-state index contributed by atoms with van der Waals surface area (Å²) in [7, 11) is -3.00. The molecule has 268 valence electrons. The molecule has 0 unspecified atom stereocenters. The molecule has 0 aliphatic heterocycles. The Labute approximate surface area is 330 Å². The van der Waals surface area contributed by atoms with Crippen molar-refractivity contribution in [3.63, 3.8) is 0 Å². The first-order chi connectivity index (χ1) is 28.3. The molecule has 0 radical (unpaired) electrons. The van der Waals surface area contributed by atoms with Crippen molar-refractivity contribution in [2.45, 2.75) is 0 Å². The van der Waals surface area contributed by atoms with E-state index in [0.29, 0.717) is 17.6 Å². The third kappa shape index (κ3) is 5.34. The number of hydrogen-bond acceptors (Lipinski definition) is 4. The predicted octanol–water partition coefficient (Wildman–Crippen LogP) is 9.58. The molecule has 3 aromatic heterocycles. The molecule has 0 fully saturated rings. The van der Waals surface area contributed by atoms with E-state index in [-0.39, 0.29) is 0 Å². The van der Waals surface area contributed by atoms with E-state index < -0.39 is 8.07 Å². The van der Waals surface area contributed by atoms with Gasteiger partial charge in [0.05, 0.1) is 11.0 Å². The Morgan fingerprint density at radius 3 is 1.49 bits per heavy atom. The number of benzene rings is 8. The summed E-state index contributed by atoms with van der Waals surface area (Å²) in [4.78, 5) is 15.5. The van der Waals surface area contributed by atoms with Crippen molar-refractivity contribution >= 4 is 72.6 Å². The molecular formula is C51H34N4OSi. The fraction of sp³-hybridized carbons (Fsp3) is 0. The van der Waals surface area contributed by atoms with Gasteiger partial charge in [-0.2, -0.15) is 9.97 Å². The lowest BCUT2D eigenvalue weighted by Gasteiger charge is -2.34. The molecule has 0 spiro atoms. The Bertz CT molecular complexity index is 3140. The number of aromatic nitrogens is 4. The second kappa shape index (κ2) is 13.4. The number of hydrogen-bond donors (Lipinski definition) is 0. The molecule has 57 heavy (non-hydrogen) atoms. The van der Waals surface area contributed by atoms with Crippen LogP contribution in [0.25, 0.3) is 72.5 Å². The molecule has 0 N–H and O–H groups in total. The summed E-state index contributed by atoms with van der Waals surface area (Å²) in [6.07, 6.45) is 0. The first kappa shape index (κ1) is 33.0. The Kier molecular flexibility index (Phi) is 7.76. The second-order valence-corrected chi connectivity index (χ2v) is 18.2. The van der Waals surface area contributed by atoms with Crippen molar-refractivity contribution in [2.24, 2.45) is 0 Å². The van der Waals surface area contributed by atoms with Crippen molar-refractivity contribution in [2.75, 3.05) is 0 Å². The topological polar surface area (TPSA) is 56.7 Å². The zero-order valence-electron chi connectivity index (χ0n) is 30.8. The zero-order chi connectivity index (χ0) is 37.8. The van der Waals surface area contributed by atoms with Gasteiger partial charge in [0.1, 0.15) is 11.2 Å². The quantitative estimate of drug-likeness (QED) is 0.121. The highest BCUT2D eigenvalue weighted by Gasteiger charge is 2.42. The predicted molar refractivity (Wildman–Crippen MR) is 236 cm³/mol. The monoisotopic (exact) mass is 746 g/mol. The highest BCUT2D eigenvalue weighted by atomic mass is 28.3. The van der Waals surface area contributed by atoms with Gasteiger partial charge in [-0.05, 0) is 45.0 Å². The van der Waals surface area contributed by atoms with Crippen LogP contribution in [0, 0.1) is 0 Å². The lowest BCUT2D eigenvalue weighted by molar-refractivity contribution is 0.669. The van der Waals surface area contributed by atoms with E-state index in [4.69, 9.17) is 19.4 Å². The minimum atomic E-state index is -3.00. The van der Waals surface area contributed by atoms with Crippen LogP contribution in [0.4, 0.5) is 0 Å². The maximum atomic E-state index is 6.37. The van der Waals surface area contributed by atoms with Crippen molar-refractivity contribution in [1.29, 1.82) is 0 Å². The third-order valence-corrected chi connectivity index (χ3v) is 16.0. The van der Waals surface area contributed by atoms with Gasteiger partial charge in [-0.15, -0.1) is 0 Å². The van der Waals surface area contributed by atoms with Gasteiger partial charge in [0.25, 0.3) is 0 Å². The van der Waals surface area contributed by atoms with Crippen LogP contribution in [0.1, 0.15) is 0 Å².